The van der Waals surface area contributed by atoms with Gasteiger partial charge < -0.3 is 14.9 Å². The molecule has 0 radical (unpaired) electrons. The Labute approximate surface area is 88.8 Å². The van der Waals surface area contributed by atoms with Gasteiger partial charge in [0, 0.05) is 19.6 Å². The first-order valence-corrected chi connectivity index (χ1v) is 6.11. The van der Waals surface area contributed by atoms with Crippen LogP contribution in [0.15, 0.2) is 0 Å². The third kappa shape index (κ3) is 4.01. The zero-order chi connectivity index (χ0) is 11.3. The molecule has 90 valence electrons. The number of aliphatic hydroxyl groups is 2. The Morgan fingerprint density at radius 2 is 2.00 bits per heavy atom. The number of hydrogen-bond acceptors (Lipinski definition) is 5. The highest BCUT2D eigenvalue weighted by molar-refractivity contribution is 7.87. The molecule has 1 aliphatic heterocycles. The lowest BCUT2D eigenvalue weighted by molar-refractivity contribution is 0.0713. The monoisotopic (exact) mass is 240 g/mol. The average molecular weight is 240 g/mol. The Hall–Kier alpha value is -0.250. The molecule has 0 aromatic heterocycles. The van der Waals surface area contributed by atoms with Crippen molar-refractivity contribution in [1.82, 2.24) is 9.03 Å². The van der Waals surface area contributed by atoms with Crippen LogP contribution in [0.3, 0.4) is 0 Å². The zero-order valence-electron chi connectivity index (χ0n) is 8.29. The van der Waals surface area contributed by atoms with E-state index in [1.165, 1.54) is 4.31 Å². The molecule has 0 aliphatic carbocycles. The molecule has 1 unspecified atom stereocenters. The molecule has 1 saturated heterocycles. The summed E-state index contributed by atoms with van der Waals surface area (Å²) in [6, 6.07) is 0. The Kier molecular flexibility index (Phi) is 4.90. The zero-order valence-corrected chi connectivity index (χ0v) is 9.11. The number of rotatable bonds is 5. The van der Waals surface area contributed by atoms with Gasteiger partial charge in [-0.25, -0.2) is 0 Å². The average Bonchev–Trinajstić information content (AvgIpc) is 2.27. The second kappa shape index (κ2) is 5.73. The lowest BCUT2D eigenvalue weighted by Gasteiger charge is -2.26. The second-order valence-corrected chi connectivity index (χ2v) is 4.96. The van der Waals surface area contributed by atoms with Crippen LogP contribution in [-0.4, -0.2) is 68.5 Å². The smallest absolute Gasteiger partial charge is 0.279 e. The molecule has 0 saturated carbocycles. The number of hydrogen-bond donors (Lipinski definition) is 3. The standard InChI is InChI=1S/C7H16N2O5S/c10-6-7(11)5-8-15(12,13)9-1-3-14-4-2-9/h7-8,10-11H,1-6H2. The predicted molar refractivity (Wildman–Crippen MR) is 52.4 cm³/mol. The summed E-state index contributed by atoms with van der Waals surface area (Å²) in [6.45, 7) is 0.726. The fourth-order valence-corrected chi connectivity index (χ4v) is 2.36. The van der Waals surface area contributed by atoms with Crippen LogP contribution in [0.2, 0.25) is 0 Å². The molecule has 1 rings (SSSR count). The van der Waals surface area contributed by atoms with E-state index in [1.54, 1.807) is 0 Å². The molecule has 3 N–H and O–H groups in total. The van der Waals surface area contributed by atoms with Gasteiger partial charge in [-0.1, -0.05) is 0 Å². The SMILES string of the molecule is O=S(=O)(NCC(O)CO)N1CCOCC1. The van der Waals surface area contributed by atoms with Crippen LogP contribution in [-0.2, 0) is 14.9 Å². The van der Waals surface area contributed by atoms with E-state index in [2.05, 4.69) is 4.72 Å². The summed E-state index contributed by atoms with van der Waals surface area (Å²) in [7, 11) is -3.56. The molecule has 0 aromatic rings. The molecule has 0 aromatic carbocycles. The van der Waals surface area contributed by atoms with Crippen molar-refractivity contribution in [3.63, 3.8) is 0 Å². The van der Waals surface area contributed by atoms with Gasteiger partial charge in [0.25, 0.3) is 10.2 Å². The maximum atomic E-state index is 11.6. The Bertz CT molecular complexity index is 275. The van der Waals surface area contributed by atoms with Crippen molar-refractivity contribution in [3.05, 3.63) is 0 Å². The highest BCUT2D eigenvalue weighted by atomic mass is 32.2. The molecular formula is C7H16N2O5S. The molecule has 0 bridgehead atoms. The molecule has 1 aliphatic rings. The molecule has 8 heteroatoms. The molecule has 1 fully saturated rings. The maximum absolute atomic E-state index is 11.6. The van der Waals surface area contributed by atoms with Crippen molar-refractivity contribution >= 4 is 10.2 Å². The third-order valence-corrected chi connectivity index (χ3v) is 3.60. The van der Waals surface area contributed by atoms with E-state index < -0.39 is 22.9 Å². The van der Waals surface area contributed by atoms with Crippen molar-refractivity contribution in [2.75, 3.05) is 39.5 Å². The van der Waals surface area contributed by atoms with Crippen LogP contribution in [0.25, 0.3) is 0 Å². The fraction of sp³-hybridized carbons (Fsp3) is 1.00. The molecule has 0 spiro atoms. The van der Waals surface area contributed by atoms with Gasteiger partial charge in [-0.2, -0.15) is 17.4 Å². The van der Waals surface area contributed by atoms with Crippen molar-refractivity contribution in [1.29, 1.82) is 0 Å². The van der Waals surface area contributed by atoms with Gasteiger partial charge in [-0.05, 0) is 0 Å². The minimum Gasteiger partial charge on any atom is -0.394 e. The number of nitrogens with zero attached hydrogens (tertiary/aromatic N) is 1. The van der Waals surface area contributed by atoms with E-state index in [1.807, 2.05) is 0 Å². The molecule has 7 nitrogen and oxygen atoms in total. The van der Waals surface area contributed by atoms with Crippen molar-refractivity contribution in [3.8, 4) is 0 Å². The summed E-state index contributed by atoms with van der Waals surface area (Å²) < 4.78 is 31.6. The normalized spacial score (nSPS) is 21.5. The molecular weight excluding hydrogens is 224 g/mol. The number of aliphatic hydroxyl groups excluding tert-OH is 2. The van der Waals surface area contributed by atoms with Crippen molar-refractivity contribution in [2.24, 2.45) is 0 Å². The van der Waals surface area contributed by atoms with Crippen LogP contribution >= 0.6 is 0 Å². The Balaban J connectivity index is 2.43. The number of ether oxygens (including phenoxy) is 1. The number of morpholine rings is 1. The predicted octanol–water partition coefficient (Wildman–Crippen LogP) is -2.49. The summed E-state index contributed by atoms with van der Waals surface area (Å²) in [5.74, 6) is 0. The quantitative estimate of drug-likeness (QED) is 0.493. The van der Waals surface area contributed by atoms with Gasteiger partial charge in [-0.15, -0.1) is 0 Å². The van der Waals surface area contributed by atoms with Crippen molar-refractivity contribution in [2.45, 2.75) is 6.10 Å². The van der Waals surface area contributed by atoms with Crippen LogP contribution in [0.5, 0.6) is 0 Å². The van der Waals surface area contributed by atoms with Gasteiger partial charge in [0.2, 0.25) is 0 Å². The highest BCUT2D eigenvalue weighted by Gasteiger charge is 2.24. The van der Waals surface area contributed by atoms with Crippen LogP contribution in [0, 0.1) is 0 Å². The molecule has 1 heterocycles. The van der Waals surface area contributed by atoms with E-state index in [4.69, 9.17) is 14.9 Å². The van der Waals surface area contributed by atoms with E-state index in [-0.39, 0.29) is 6.54 Å². The Morgan fingerprint density at radius 3 is 2.53 bits per heavy atom. The summed E-state index contributed by atoms with van der Waals surface area (Å²) in [6.07, 6.45) is -1.07. The maximum Gasteiger partial charge on any atom is 0.279 e. The molecule has 1 atom stereocenters. The summed E-state index contributed by atoms with van der Waals surface area (Å²) in [4.78, 5) is 0. The fourth-order valence-electron chi connectivity index (χ4n) is 1.14. The van der Waals surface area contributed by atoms with Crippen molar-refractivity contribution < 1.29 is 23.4 Å². The minimum absolute atomic E-state index is 0.184. The lowest BCUT2D eigenvalue weighted by atomic mass is 10.4. The molecule has 15 heavy (non-hydrogen) atoms. The minimum atomic E-state index is -3.56. The first-order valence-electron chi connectivity index (χ1n) is 4.67. The first kappa shape index (κ1) is 12.8. The summed E-state index contributed by atoms with van der Waals surface area (Å²) in [5.41, 5.74) is 0. The van der Waals surface area contributed by atoms with E-state index in [0.717, 1.165) is 0 Å². The van der Waals surface area contributed by atoms with E-state index in [9.17, 15) is 8.42 Å². The number of nitrogens with one attached hydrogen (secondary N) is 1. The third-order valence-electron chi connectivity index (χ3n) is 2.02. The molecule has 0 amide bonds. The second-order valence-electron chi connectivity index (χ2n) is 3.20. The lowest BCUT2D eigenvalue weighted by Crippen LogP contribution is -2.48. The largest absolute Gasteiger partial charge is 0.394 e. The van der Waals surface area contributed by atoms with Gasteiger partial charge in [0.1, 0.15) is 0 Å². The first-order chi connectivity index (χ1) is 7.06. The topological polar surface area (TPSA) is 99.1 Å². The van der Waals surface area contributed by atoms with Crippen LogP contribution in [0.1, 0.15) is 0 Å². The van der Waals surface area contributed by atoms with Gasteiger partial charge in [-0.3, -0.25) is 0 Å². The van der Waals surface area contributed by atoms with Gasteiger partial charge in [0.15, 0.2) is 0 Å². The van der Waals surface area contributed by atoms with Gasteiger partial charge >= 0.3 is 0 Å². The van der Waals surface area contributed by atoms with Crippen LogP contribution < -0.4 is 4.72 Å². The summed E-state index contributed by atoms with van der Waals surface area (Å²) >= 11 is 0. The Morgan fingerprint density at radius 1 is 1.40 bits per heavy atom. The van der Waals surface area contributed by atoms with Crippen LogP contribution in [0.4, 0.5) is 0 Å². The summed E-state index contributed by atoms with van der Waals surface area (Å²) in [5, 5.41) is 17.5. The highest BCUT2D eigenvalue weighted by Crippen LogP contribution is 2.02. The van der Waals surface area contributed by atoms with E-state index in [0.29, 0.717) is 26.3 Å². The van der Waals surface area contributed by atoms with Gasteiger partial charge in [0.05, 0.1) is 25.9 Å². The van der Waals surface area contributed by atoms with E-state index >= 15 is 0 Å².